The number of anilines is 1. The number of nitrogens with zero attached hydrogens (tertiary/aromatic N) is 2. The summed E-state index contributed by atoms with van der Waals surface area (Å²) < 4.78 is 6.20. The number of amides is 2. The van der Waals surface area contributed by atoms with E-state index in [9.17, 15) is 19.5 Å². The zero-order valence-electron chi connectivity index (χ0n) is 13.1. The second-order valence-corrected chi connectivity index (χ2v) is 6.84. The van der Waals surface area contributed by atoms with E-state index in [4.69, 9.17) is 4.74 Å². The first-order valence-corrected chi connectivity index (χ1v) is 8.44. The lowest BCUT2D eigenvalue weighted by Gasteiger charge is -2.32. The molecule has 1 atom stereocenters. The van der Waals surface area contributed by atoms with Gasteiger partial charge in [-0.25, -0.2) is 4.79 Å². The molecule has 1 aromatic rings. The molecular weight excluding hydrogens is 380 g/mol. The van der Waals surface area contributed by atoms with Gasteiger partial charge in [-0.3, -0.25) is 14.5 Å². The molecular formula is C16H17BrN2O5. The summed E-state index contributed by atoms with van der Waals surface area (Å²) in [6.45, 7) is 1.16. The molecule has 3 rings (SSSR count). The average molecular weight is 397 g/mol. The SMILES string of the molecule is CC(C(=O)O)N(C(=O)CN1C(=O)COc2cc(Br)ccc21)C1CC1. The van der Waals surface area contributed by atoms with Crippen LogP contribution in [0.5, 0.6) is 5.75 Å². The van der Waals surface area contributed by atoms with E-state index in [0.29, 0.717) is 11.4 Å². The highest BCUT2D eigenvalue weighted by molar-refractivity contribution is 9.10. The van der Waals surface area contributed by atoms with Crippen LogP contribution in [0.25, 0.3) is 0 Å². The molecule has 0 spiro atoms. The molecule has 1 N–H and O–H groups in total. The molecule has 1 unspecified atom stereocenters. The summed E-state index contributed by atoms with van der Waals surface area (Å²) in [4.78, 5) is 38.9. The first-order chi connectivity index (χ1) is 11.4. The Morgan fingerprint density at radius 3 is 2.79 bits per heavy atom. The molecule has 128 valence electrons. The number of hydrogen-bond acceptors (Lipinski definition) is 4. The van der Waals surface area contributed by atoms with Crippen LogP contribution in [-0.4, -0.2) is 53.0 Å². The van der Waals surface area contributed by atoms with E-state index in [1.54, 1.807) is 18.2 Å². The number of benzene rings is 1. The third kappa shape index (κ3) is 3.24. The van der Waals surface area contributed by atoms with Crippen LogP contribution in [0.4, 0.5) is 5.69 Å². The van der Waals surface area contributed by atoms with Crippen LogP contribution in [-0.2, 0) is 14.4 Å². The smallest absolute Gasteiger partial charge is 0.326 e. The second-order valence-electron chi connectivity index (χ2n) is 5.93. The summed E-state index contributed by atoms with van der Waals surface area (Å²) in [5.41, 5.74) is 0.515. The van der Waals surface area contributed by atoms with E-state index < -0.39 is 12.0 Å². The fourth-order valence-electron chi connectivity index (χ4n) is 2.78. The standard InChI is InChI=1S/C16H17BrN2O5/c1-9(16(22)23)19(11-3-4-11)14(20)7-18-12-5-2-10(17)6-13(12)24-8-15(18)21/h2,5-6,9,11H,3-4,7-8H2,1H3,(H,22,23). The summed E-state index contributed by atoms with van der Waals surface area (Å²) in [6, 6.07) is 4.23. The van der Waals surface area contributed by atoms with Crippen molar-refractivity contribution in [2.45, 2.75) is 31.8 Å². The van der Waals surface area contributed by atoms with Crippen molar-refractivity contribution in [2.24, 2.45) is 0 Å². The minimum absolute atomic E-state index is 0.0517. The Labute approximate surface area is 147 Å². The van der Waals surface area contributed by atoms with Gasteiger partial charge in [0.2, 0.25) is 5.91 Å². The molecule has 7 nitrogen and oxygen atoms in total. The number of hydrogen-bond donors (Lipinski definition) is 1. The van der Waals surface area contributed by atoms with Gasteiger partial charge in [-0.2, -0.15) is 0 Å². The molecule has 24 heavy (non-hydrogen) atoms. The molecule has 1 saturated carbocycles. The molecule has 1 aliphatic heterocycles. The van der Waals surface area contributed by atoms with Crippen LogP contribution in [0.3, 0.4) is 0 Å². The summed E-state index contributed by atoms with van der Waals surface area (Å²) in [7, 11) is 0. The normalized spacial score (nSPS) is 17.8. The van der Waals surface area contributed by atoms with E-state index in [-0.39, 0.29) is 31.0 Å². The Kier molecular flexibility index (Phi) is 4.49. The highest BCUT2D eigenvalue weighted by atomic mass is 79.9. The van der Waals surface area contributed by atoms with Gasteiger partial charge in [-0.1, -0.05) is 15.9 Å². The second kappa shape index (κ2) is 6.43. The number of rotatable bonds is 5. The van der Waals surface area contributed by atoms with Crippen LogP contribution in [0.2, 0.25) is 0 Å². The van der Waals surface area contributed by atoms with Crippen molar-refractivity contribution >= 4 is 39.4 Å². The number of carbonyl (C=O) groups excluding carboxylic acids is 2. The molecule has 0 aromatic heterocycles. The quantitative estimate of drug-likeness (QED) is 0.817. The Bertz CT molecular complexity index is 704. The molecule has 8 heteroatoms. The topological polar surface area (TPSA) is 87.2 Å². The zero-order valence-corrected chi connectivity index (χ0v) is 14.7. The molecule has 0 radical (unpaired) electrons. The first kappa shape index (κ1) is 16.8. The minimum Gasteiger partial charge on any atom is -0.482 e. The summed E-state index contributed by atoms with van der Waals surface area (Å²) in [5, 5.41) is 9.22. The van der Waals surface area contributed by atoms with Crippen molar-refractivity contribution in [1.29, 1.82) is 0 Å². The van der Waals surface area contributed by atoms with E-state index in [1.807, 2.05) is 0 Å². The van der Waals surface area contributed by atoms with Crippen LogP contribution in [0, 0.1) is 0 Å². The predicted octanol–water partition coefficient (Wildman–Crippen LogP) is 1.64. The Morgan fingerprint density at radius 1 is 1.46 bits per heavy atom. The predicted molar refractivity (Wildman–Crippen MR) is 89.0 cm³/mol. The maximum Gasteiger partial charge on any atom is 0.326 e. The van der Waals surface area contributed by atoms with Crippen molar-refractivity contribution in [3.05, 3.63) is 22.7 Å². The number of carboxylic acids is 1. The summed E-state index contributed by atoms with van der Waals surface area (Å²) >= 11 is 3.34. The number of carboxylic acid groups (broad SMARTS) is 1. The minimum atomic E-state index is -1.05. The lowest BCUT2D eigenvalue weighted by molar-refractivity contribution is -0.149. The molecule has 2 aliphatic rings. The Hall–Kier alpha value is -2.09. The average Bonchev–Trinajstić information content (AvgIpc) is 3.35. The highest BCUT2D eigenvalue weighted by Crippen LogP contribution is 2.35. The highest BCUT2D eigenvalue weighted by Gasteiger charge is 2.40. The van der Waals surface area contributed by atoms with Gasteiger partial charge in [-0.15, -0.1) is 0 Å². The van der Waals surface area contributed by atoms with Crippen LogP contribution in [0.1, 0.15) is 19.8 Å². The number of ether oxygens (including phenoxy) is 1. The number of carbonyl (C=O) groups is 3. The molecule has 0 saturated heterocycles. The third-order valence-corrected chi connectivity index (χ3v) is 4.65. The maximum absolute atomic E-state index is 12.7. The van der Waals surface area contributed by atoms with Crippen molar-refractivity contribution in [2.75, 3.05) is 18.1 Å². The Balaban J connectivity index is 1.83. The number of fused-ring (bicyclic) bond motifs is 1. The molecule has 1 aromatic carbocycles. The van der Waals surface area contributed by atoms with Crippen molar-refractivity contribution in [3.8, 4) is 5.75 Å². The van der Waals surface area contributed by atoms with Crippen LogP contribution >= 0.6 is 15.9 Å². The molecule has 0 bridgehead atoms. The van der Waals surface area contributed by atoms with Gasteiger partial charge < -0.3 is 14.7 Å². The van der Waals surface area contributed by atoms with Gasteiger partial charge in [0.15, 0.2) is 6.61 Å². The fraction of sp³-hybridized carbons (Fsp3) is 0.438. The van der Waals surface area contributed by atoms with Gasteiger partial charge in [0.25, 0.3) is 5.91 Å². The van der Waals surface area contributed by atoms with Gasteiger partial charge in [0.05, 0.1) is 5.69 Å². The lowest BCUT2D eigenvalue weighted by atomic mass is 10.2. The molecule has 1 heterocycles. The largest absolute Gasteiger partial charge is 0.482 e. The van der Waals surface area contributed by atoms with Crippen LogP contribution in [0.15, 0.2) is 22.7 Å². The van der Waals surface area contributed by atoms with Gasteiger partial charge >= 0.3 is 5.97 Å². The first-order valence-electron chi connectivity index (χ1n) is 7.65. The van der Waals surface area contributed by atoms with Crippen molar-refractivity contribution in [3.63, 3.8) is 0 Å². The molecule has 1 aliphatic carbocycles. The summed E-state index contributed by atoms with van der Waals surface area (Å²) in [5.74, 6) is -1.22. The van der Waals surface area contributed by atoms with Gasteiger partial charge in [0.1, 0.15) is 18.3 Å². The number of halogens is 1. The molecule has 2 amide bonds. The fourth-order valence-corrected chi connectivity index (χ4v) is 3.12. The van der Waals surface area contributed by atoms with Crippen molar-refractivity contribution in [1.82, 2.24) is 4.90 Å². The van der Waals surface area contributed by atoms with Crippen molar-refractivity contribution < 1.29 is 24.2 Å². The van der Waals surface area contributed by atoms with E-state index in [2.05, 4.69) is 15.9 Å². The number of aliphatic carboxylic acids is 1. The maximum atomic E-state index is 12.7. The molecule has 1 fully saturated rings. The van der Waals surface area contributed by atoms with Crippen LogP contribution < -0.4 is 9.64 Å². The van der Waals surface area contributed by atoms with E-state index >= 15 is 0 Å². The Morgan fingerprint density at radius 2 is 2.17 bits per heavy atom. The third-order valence-electron chi connectivity index (χ3n) is 4.16. The lowest BCUT2D eigenvalue weighted by Crippen LogP contribution is -2.51. The zero-order chi connectivity index (χ0) is 17.4. The van der Waals surface area contributed by atoms with E-state index in [1.165, 1.54) is 16.7 Å². The van der Waals surface area contributed by atoms with Gasteiger partial charge in [0, 0.05) is 10.5 Å². The summed E-state index contributed by atoms with van der Waals surface area (Å²) in [6.07, 6.45) is 1.59. The van der Waals surface area contributed by atoms with Gasteiger partial charge in [-0.05, 0) is 38.0 Å². The monoisotopic (exact) mass is 396 g/mol. The van der Waals surface area contributed by atoms with E-state index in [0.717, 1.165) is 17.3 Å².